The fraction of sp³-hybridized carbons (Fsp3) is 0.118. The summed E-state index contributed by atoms with van der Waals surface area (Å²) in [6.07, 6.45) is 1.56. The molecule has 0 amide bonds. The Bertz CT molecular complexity index is 706. The Morgan fingerprint density at radius 3 is 2.41 bits per heavy atom. The van der Waals surface area contributed by atoms with E-state index in [2.05, 4.69) is 0 Å². The first-order chi connectivity index (χ1) is 10.5. The number of carboxylic acids is 1. The smallest absolute Gasteiger partial charge is 0.336 e. The minimum Gasteiger partial charge on any atom is -0.492 e. The molecule has 0 fully saturated rings. The molecule has 0 atom stereocenters. The number of hydrogen-bond donors (Lipinski definition) is 1. The standard InChI is InChI=1S/C17H14Cl2O3/c1-2-22-16-8-3-11(10-15(16)19)9-14(17(20)21)12-4-6-13(18)7-5-12/h3-10H,2H2,1H3,(H,20,21)/b14-9-. The monoisotopic (exact) mass is 336 g/mol. The summed E-state index contributed by atoms with van der Waals surface area (Å²) in [4.78, 5) is 11.5. The summed E-state index contributed by atoms with van der Waals surface area (Å²) in [5.74, 6) is -0.447. The van der Waals surface area contributed by atoms with Crippen molar-refractivity contribution in [1.29, 1.82) is 0 Å². The quantitative estimate of drug-likeness (QED) is 0.616. The van der Waals surface area contributed by atoms with Gasteiger partial charge in [-0.2, -0.15) is 0 Å². The van der Waals surface area contributed by atoms with Gasteiger partial charge in [0.25, 0.3) is 0 Å². The van der Waals surface area contributed by atoms with Crippen molar-refractivity contribution in [2.24, 2.45) is 0 Å². The molecular weight excluding hydrogens is 323 g/mol. The van der Waals surface area contributed by atoms with Gasteiger partial charge in [-0.1, -0.05) is 41.4 Å². The predicted molar refractivity (Wildman–Crippen MR) is 89.6 cm³/mol. The van der Waals surface area contributed by atoms with Crippen molar-refractivity contribution in [3.05, 3.63) is 63.6 Å². The molecule has 2 rings (SSSR count). The minimum absolute atomic E-state index is 0.164. The van der Waals surface area contributed by atoms with Crippen LogP contribution in [0.4, 0.5) is 0 Å². The van der Waals surface area contributed by atoms with Crippen molar-refractivity contribution in [3.63, 3.8) is 0 Å². The van der Waals surface area contributed by atoms with E-state index in [-0.39, 0.29) is 5.57 Å². The first kappa shape index (κ1) is 16.4. The molecular formula is C17H14Cl2O3. The van der Waals surface area contributed by atoms with Crippen molar-refractivity contribution in [1.82, 2.24) is 0 Å². The van der Waals surface area contributed by atoms with Crippen LogP contribution in [0.25, 0.3) is 11.6 Å². The van der Waals surface area contributed by atoms with Crippen LogP contribution in [0.15, 0.2) is 42.5 Å². The van der Waals surface area contributed by atoms with Crippen molar-refractivity contribution in [2.45, 2.75) is 6.92 Å². The van der Waals surface area contributed by atoms with Crippen LogP contribution in [0.2, 0.25) is 10.0 Å². The third kappa shape index (κ3) is 4.03. The summed E-state index contributed by atoms with van der Waals surface area (Å²) in [6.45, 7) is 2.38. The summed E-state index contributed by atoms with van der Waals surface area (Å²) < 4.78 is 5.36. The maximum atomic E-state index is 11.5. The van der Waals surface area contributed by atoms with Gasteiger partial charge in [0.1, 0.15) is 5.75 Å². The highest BCUT2D eigenvalue weighted by Gasteiger charge is 2.11. The molecule has 1 N–H and O–H groups in total. The molecule has 0 bridgehead atoms. The number of benzene rings is 2. The van der Waals surface area contributed by atoms with E-state index in [1.165, 1.54) is 0 Å². The van der Waals surface area contributed by atoms with Gasteiger partial charge in [-0.15, -0.1) is 0 Å². The van der Waals surface area contributed by atoms with Crippen LogP contribution in [0, 0.1) is 0 Å². The molecule has 0 radical (unpaired) electrons. The number of carbonyl (C=O) groups is 1. The van der Waals surface area contributed by atoms with Gasteiger partial charge in [-0.25, -0.2) is 4.79 Å². The Morgan fingerprint density at radius 1 is 1.18 bits per heavy atom. The summed E-state index contributed by atoms with van der Waals surface area (Å²) in [5, 5.41) is 10.4. The Labute approximate surface area is 138 Å². The summed E-state index contributed by atoms with van der Waals surface area (Å²) in [6, 6.07) is 11.8. The number of carboxylic acid groups (broad SMARTS) is 1. The highest BCUT2D eigenvalue weighted by Crippen LogP contribution is 2.28. The summed E-state index contributed by atoms with van der Waals surface area (Å²) in [5.41, 5.74) is 1.42. The molecule has 0 aromatic heterocycles. The number of rotatable bonds is 5. The van der Waals surface area contributed by atoms with Gasteiger partial charge in [-0.3, -0.25) is 0 Å². The molecule has 0 aliphatic carbocycles. The van der Waals surface area contributed by atoms with E-state index in [0.29, 0.717) is 33.5 Å². The summed E-state index contributed by atoms with van der Waals surface area (Å²) >= 11 is 11.9. The third-order valence-electron chi connectivity index (χ3n) is 2.95. The van der Waals surface area contributed by atoms with E-state index in [1.54, 1.807) is 48.5 Å². The van der Waals surface area contributed by atoms with Crippen LogP contribution in [-0.4, -0.2) is 17.7 Å². The molecule has 2 aromatic rings. The van der Waals surface area contributed by atoms with Gasteiger partial charge < -0.3 is 9.84 Å². The normalized spacial score (nSPS) is 11.3. The molecule has 0 aliphatic heterocycles. The summed E-state index contributed by atoms with van der Waals surface area (Å²) in [7, 11) is 0. The van der Waals surface area contributed by atoms with Crippen LogP contribution in [0.1, 0.15) is 18.1 Å². The van der Waals surface area contributed by atoms with E-state index < -0.39 is 5.97 Å². The molecule has 5 heteroatoms. The first-order valence-electron chi connectivity index (χ1n) is 6.64. The Kier molecular flexibility index (Phi) is 5.47. The molecule has 2 aromatic carbocycles. The SMILES string of the molecule is CCOc1ccc(/C=C(\C(=O)O)c2ccc(Cl)cc2)cc1Cl. The van der Waals surface area contributed by atoms with Gasteiger partial charge in [-0.05, 0) is 48.4 Å². The molecule has 0 unspecified atom stereocenters. The van der Waals surface area contributed by atoms with E-state index in [9.17, 15) is 9.90 Å². The first-order valence-corrected chi connectivity index (χ1v) is 7.40. The highest BCUT2D eigenvalue weighted by molar-refractivity contribution is 6.32. The second-order valence-corrected chi connectivity index (χ2v) is 5.34. The number of hydrogen-bond acceptors (Lipinski definition) is 2. The van der Waals surface area contributed by atoms with Crippen LogP contribution in [-0.2, 0) is 4.79 Å². The average molecular weight is 337 g/mol. The molecule has 0 spiro atoms. The minimum atomic E-state index is -1.02. The van der Waals surface area contributed by atoms with Crippen LogP contribution < -0.4 is 4.74 Å². The molecule has 22 heavy (non-hydrogen) atoms. The second kappa shape index (κ2) is 7.34. The van der Waals surface area contributed by atoms with E-state index >= 15 is 0 Å². The molecule has 0 saturated carbocycles. The number of halogens is 2. The lowest BCUT2D eigenvalue weighted by Crippen LogP contribution is -1.99. The lowest BCUT2D eigenvalue weighted by Gasteiger charge is -2.07. The highest BCUT2D eigenvalue weighted by atomic mass is 35.5. The molecule has 114 valence electrons. The third-order valence-corrected chi connectivity index (χ3v) is 3.50. The van der Waals surface area contributed by atoms with Gasteiger partial charge in [0.2, 0.25) is 0 Å². The van der Waals surface area contributed by atoms with E-state index in [4.69, 9.17) is 27.9 Å². The molecule has 0 saturated heterocycles. The van der Waals surface area contributed by atoms with Crippen molar-refractivity contribution in [3.8, 4) is 5.75 Å². The Morgan fingerprint density at radius 2 is 1.86 bits per heavy atom. The Balaban J connectivity index is 2.40. The largest absolute Gasteiger partial charge is 0.492 e. The Hall–Kier alpha value is -1.97. The fourth-order valence-electron chi connectivity index (χ4n) is 1.94. The van der Waals surface area contributed by atoms with E-state index in [0.717, 1.165) is 0 Å². The maximum absolute atomic E-state index is 11.5. The number of ether oxygens (including phenoxy) is 1. The van der Waals surface area contributed by atoms with Crippen molar-refractivity contribution >= 4 is 40.8 Å². The maximum Gasteiger partial charge on any atom is 0.336 e. The van der Waals surface area contributed by atoms with Gasteiger partial charge in [0.05, 0.1) is 17.2 Å². The topological polar surface area (TPSA) is 46.5 Å². The molecule has 3 nitrogen and oxygen atoms in total. The lowest BCUT2D eigenvalue weighted by atomic mass is 10.0. The molecule has 0 aliphatic rings. The average Bonchev–Trinajstić information content (AvgIpc) is 2.48. The van der Waals surface area contributed by atoms with Crippen molar-refractivity contribution < 1.29 is 14.6 Å². The molecule has 0 heterocycles. The lowest BCUT2D eigenvalue weighted by molar-refractivity contribution is -0.130. The van der Waals surface area contributed by atoms with Gasteiger partial charge >= 0.3 is 5.97 Å². The second-order valence-electron chi connectivity index (χ2n) is 4.49. The van der Waals surface area contributed by atoms with Crippen LogP contribution >= 0.6 is 23.2 Å². The zero-order valence-electron chi connectivity index (χ0n) is 11.8. The van der Waals surface area contributed by atoms with E-state index in [1.807, 2.05) is 6.92 Å². The van der Waals surface area contributed by atoms with Crippen LogP contribution in [0.5, 0.6) is 5.75 Å². The van der Waals surface area contributed by atoms with Gasteiger partial charge in [0, 0.05) is 5.02 Å². The fourth-order valence-corrected chi connectivity index (χ4v) is 2.31. The number of aliphatic carboxylic acids is 1. The van der Waals surface area contributed by atoms with Crippen molar-refractivity contribution in [2.75, 3.05) is 6.61 Å². The zero-order chi connectivity index (χ0) is 16.1. The predicted octanol–water partition coefficient (Wildman–Crippen LogP) is 5.02. The zero-order valence-corrected chi connectivity index (χ0v) is 13.4. The van der Waals surface area contributed by atoms with Crippen LogP contribution in [0.3, 0.4) is 0 Å². The van der Waals surface area contributed by atoms with Gasteiger partial charge in [0.15, 0.2) is 0 Å².